The topological polar surface area (TPSA) is 38.7 Å². The molecule has 6 aromatic carbocycles. The molecule has 0 spiro atoms. The summed E-state index contributed by atoms with van der Waals surface area (Å²) >= 11 is 1.82. The highest BCUT2D eigenvalue weighted by Crippen LogP contribution is 2.51. The fourth-order valence-corrected chi connectivity index (χ4v) is 8.28. The van der Waals surface area contributed by atoms with Gasteiger partial charge in [-0.1, -0.05) is 141 Å². The molecule has 0 aliphatic heterocycles. The van der Waals surface area contributed by atoms with Crippen molar-refractivity contribution in [3.63, 3.8) is 0 Å². The molecule has 8 aromatic rings. The van der Waals surface area contributed by atoms with Crippen LogP contribution in [-0.4, -0.2) is 15.0 Å². The highest BCUT2D eigenvalue weighted by molar-refractivity contribution is 7.26. The van der Waals surface area contributed by atoms with Gasteiger partial charge in [0.25, 0.3) is 0 Å². The van der Waals surface area contributed by atoms with Crippen molar-refractivity contribution in [2.75, 3.05) is 0 Å². The van der Waals surface area contributed by atoms with Crippen LogP contribution in [-0.2, 0) is 5.41 Å². The molecule has 0 bridgehead atoms. The Morgan fingerprint density at radius 3 is 1.87 bits per heavy atom. The second-order valence-electron chi connectivity index (χ2n) is 12.4. The van der Waals surface area contributed by atoms with Gasteiger partial charge in [0, 0.05) is 42.3 Å². The van der Waals surface area contributed by atoms with Crippen LogP contribution in [0, 0.1) is 0 Å². The van der Waals surface area contributed by atoms with Gasteiger partial charge in [0.2, 0.25) is 0 Å². The summed E-state index contributed by atoms with van der Waals surface area (Å²) in [5, 5.41) is 2.54. The molecule has 0 fully saturated rings. The maximum absolute atomic E-state index is 5.21. The Kier molecular flexibility index (Phi) is 6.02. The summed E-state index contributed by atoms with van der Waals surface area (Å²) in [6.45, 7) is 4.61. The van der Waals surface area contributed by atoms with Crippen molar-refractivity contribution in [1.82, 2.24) is 15.0 Å². The van der Waals surface area contributed by atoms with Crippen LogP contribution in [0.25, 0.3) is 76.6 Å². The Labute approximate surface area is 271 Å². The van der Waals surface area contributed by atoms with E-state index >= 15 is 0 Å². The van der Waals surface area contributed by atoms with E-state index in [0.29, 0.717) is 17.5 Å². The molecule has 3 nitrogen and oxygen atoms in total. The summed E-state index contributed by atoms with van der Waals surface area (Å²) in [4.78, 5) is 15.4. The number of hydrogen-bond donors (Lipinski definition) is 0. The van der Waals surface area contributed by atoms with E-state index in [4.69, 9.17) is 15.0 Å². The van der Waals surface area contributed by atoms with E-state index in [2.05, 4.69) is 135 Å². The lowest BCUT2D eigenvalue weighted by atomic mass is 9.82. The van der Waals surface area contributed by atoms with Gasteiger partial charge >= 0.3 is 0 Å². The number of fused-ring (bicyclic) bond motifs is 6. The second kappa shape index (κ2) is 10.3. The fraction of sp³-hybridized carbons (Fsp3) is 0.0714. The smallest absolute Gasteiger partial charge is 0.164 e. The van der Waals surface area contributed by atoms with E-state index < -0.39 is 0 Å². The summed E-state index contributed by atoms with van der Waals surface area (Å²) in [7, 11) is 0. The van der Waals surface area contributed by atoms with Gasteiger partial charge in [-0.15, -0.1) is 11.3 Å². The lowest BCUT2D eigenvalue weighted by molar-refractivity contribution is 0.660. The first kappa shape index (κ1) is 26.9. The number of hydrogen-bond acceptors (Lipinski definition) is 4. The molecule has 46 heavy (non-hydrogen) atoms. The summed E-state index contributed by atoms with van der Waals surface area (Å²) in [5.74, 6) is 2.04. The molecule has 218 valence electrons. The van der Waals surface area contributed by atoms with E-state index in [1.165, 1.54) is 53.6 Å². The third-order valence-corrected chi connectivity index (χ3v) is 10.5. The maximum Gasteiger partial charge on any atom is 0.164 e. The summed E-state index contributed by atoms with van der Waals surface area (Å²) < 4.78 is 2.49. The SMILES string of the molecule is CC1(C)c2ccccc2-c2c(-c3nc(-c4ccccc4)nc(-c4ccc5c(c4)sc4cccc(-c6ccccc6)c45)n3)cccc21. The molecular weight excluding hydrogens is 579 g/mol. The van der Waals surface area contributed by atoms with Gasteiger partial charge in [0.05, 0.1) is 0 Å². The third kappa shape index (κ3) is 4.14. The molecular formula is C42H29N3S. The van der Waals surface area contributed by atoms with Gasteiger partial charge in [-0.25, -0.2) is 15.0 Å². The highest BCUT2D eigenvalue weighted by atomic mass is 32.1. The number of nitrogens with zero attached hydrogens (tertiary/aromatic N) is 3. The fourth-order valence-electron chi connectivity index (χ4n) is 7.11. The molecule has 0 unspecified atom stereocenters. The zero-order valence-corrected chi connectivity index (χ0v) is 26.3. The van der Waals surface area contributed by atoms with Crippen molar-refractivity contribution < 1.29 is 0 Å². The van der Waals surface area contributed by atoms with Crippen molar-refractivity contribution in [3.8, 4) is 56.4 Å². The number of aromatic nitrogens is 3. The van der Waals surface area contributed by atoms with Crippen molar-refractivity contribution in [3.05, 3.63) is 151 Å². The lowest BCUT2D eigenvalue weighted by Crippen LogP contribution is -2.14. The molecule has 0 atom stereocenters. The zero-order valence-electron chi connectivity index (χ0n) is 25.5. The standard InChI is InChI=1S/C42H29N3S/c1-42(2)33-20-10-9-17-30(33)37-32(19-11-21-34(37)42)41-44-39(27-15-7-4-8-16-27)43-40(45-41)28-23-24-31-36(25-28)46-35-22-12-18-29(38(31)35)26-13-5-3-6-14-26/h3-25H,1-2H3. The van der Waals surface area contributed by atoms with Crippen LogP contribution in [0.3, 0.4) is 0 Å². The second-order valence-corrected chi connectivity index (χ2v) is 13.5. The molecule has 0 saturated heterocycles. The van der Waals surface area contributed by atoms with Gasteiger partial charge in [0.1, 0.15) is 0 Å². The van der Waals surface area contributed by atoms with Crippen LogP contribution in [0.15, 0.2) is 140 Å². The number of thiophene rings is 1. The lowest BCUT2D eigenvalue weighted by Gasteiger charge is -2.21. The maximum atomic E-state index is 5.21. The van der Waals surface area contributed by atoms with Crippen LogP contribution in [0.2, 0.25) is 0 Å². The molecule has 1 aliphatic rings. The normalized spacial score (nSPS) is 13.2. The Morgan fingerprint density at radius 2 is 1.07 bits per heavy atom. The van der Waals surface area contributed by atoms with Crippen LogP contribution in [0.4, 0.5) is 0 Å². The Morgan fingerprint density at radius 1 is 0.457 bits per heavy atom. The minimum atomic E-state index is -0.106. The molecule has 0 N–H and O–H groups in total. The molecule has 4 heteroatoms. The molecule has 1 aliphatic carbocycles. The van der Waals surface area contributed by atoms with Gasteiger partial charge in [-0.05, 0) is 45.5 Å². The van der Waals surface area contributed by atoms with E-state index in [-0.39, 0.29) is 5.41 Å². The number of benzene rings is 6. The third-order valence-electron chi connectivity index (χ3n) is 9.36. The van der Waals surface area contributed by atoms with E-state index in [1.54, 1.807) is 0 Å². The number of rotatable bonds is 4. The van der Waals surface area contributed by atoms with Gasteiger partial charge in [-0.3, -0.25) is 0 Å². The molecule has 0 radical (unpaired) electrons. The Hall–Kier alpha value is -5.45. The average Bonchev–Trinajstić information content (AvgIpc) is 3.60. The highest BCUT2D eigenvalue weighted by Gasteiger charge is 2.37. The minimum absolute atomic E-state index is 0.106. The monoisotopic (exact) mass is 607 g/mol. The predicted molar refractivity (Wildman–Crippen MR) is 192 cm³/mol. The van der Waals surface area contributed by atoms with E-state index in [1.807, 2.05) is 29.5 Å². The van der Waals surface area contributed by atoms with Crippen LogP contribution < -0.4 is 0 Å². The summed E-state index contributed by atoms with van der Waals surface area (Å²) in [6, 6.07) is 49.4. The van der Waals surface area contributed by atoms with Crippen molar-refractivity contribution in [2.24, 2.45) is 0 Å². The van der Waals surface area contributed by atoms with Crippen LogP contribution in [0.5, 0.6) is 0 Å². The average molecular weight is 608 g/mol. The van der Waals surface area contributed by atoms with E-state index in [0.717, 1.165) is 16.7 Å². The first-order chi connectivity index (χ1) is 22.6. The summed E-state index contributed by atoms with van der Waals surface area (Å²) in [6.07, 6.45) is 0. The van der Waals surface area contributed by atoms with Crippen LogP contribution >= 0.6 is 11.3 Å². The van der Waals surface area contributed by atoms with Crippen molar-refractivity contribution in [2.45, 2.75) is 19.3 Å². The Balaban J connectivity index is 1.25. The zero-order chi connectivity index (χ0) is 30.8. The first-order valence-corrected chi connectivity index (χ1v) is 16.4. The van der Waals surface area contributed by atoms with Crippen molar-refractivity contribution >= 4 is 31.5 Å². The molecule has 2 heterocycles. The first-order valence-electron chi connectivity index (χ1n) is 15.6. The van der Waals surface area contributed by atoms with Crippen molar-refractivity contribution in [1.29, 1.82) is 0 Å². The quantitative estimate of drug-likeness (QED) is 0.200. The predicted octanol–water partition coefficient (Wildman–Crippen LogP) is 11.2. The van der Waals surface area contributed by atoms with Crippen LogP contribution in [0.1, 0.15) is 25.0 Å². The molecule has 2 aromatic heterocycles. The van der Waals surface area contributed by atoms with Gasteiger partial charge in [0.15, 0.2) is 17.5 Å². The van der Waals surface area contributed by atoms with Gasteiger partial charge < -0.3 is 0 Å². The minimum Gasteiger partial charge on any atom is -0.208 e. The Bertz CT molecular complexity index is 2440. The molecule has 0 saturated carbocycles. The largest absolute Gasteiger partial charge is 0.208 e. The summed E-state index contributed by atoms with van der Waals surface area (Å²) in [5.41, 5.74) is 10.5. The van der Waals surface area contributed by atoms with E-state index in [9.17, 15) is 0 Å². The van der Waals surface area contributed by atoms with Gasteiger partial charge in [-0.2, -0.15) is 0 Å². The molecule has 0 amide bonds. The molecule has 9 rings (SSSR count).